The molecule has 1 unspecified atom stereocenters. The SMILES string of the molecule is COCCN1C(N)=NCC1CCc1ccccc1. The van der Waals surface area contributed by atoms with Crippen LogP contribution >= 0.6 is 0 Å². The van der Waals surface area contributed by atoms with Crippen molar-refractivity contribution in [3.05, 3.63) is 35.9 Å². The number of guanidine groups is 1. The monoisotopic (exact) mass is 247 g/mol. The second-order valence-electron chi connectivity index (χ2n) is 4.56. The average Bonchev–Trinajstić information content (AvgIpc) is 2.76. The van der Waals surface area contributed by atoms with E-state index in [-0.39, 0.29) is 0 Å². The maximum atomic E-state index is 5.90. The van der Waals surface area contributed by atoms with Crippen molar-refractivity contribution in [2.45, 2.75) is 18.9 Å². The number of aryl methyl sites for hydroxylation is 1. The van der Waals surface area contributed by atoms with Crippen LogP contribution in [0.4, 0.5) is 0 Å². The zero-order valence-electron chi connectivity index (χ0n) is 10.9. The molecule has 1 aromatic rings. The van der Waals surface area contributed by atoms with Gasteiger partial charge >= 0.3 is 0 Å². The highest BCUT2D eigenvalue weighted by molar-refractivity contribution is 5.80. The van der Waals surface area contributed by atoms with E-state index in [1.807, 2.05) is 6.07 Å². The molecular weight excluding hydrogens is 226 g/mol. The molecule has 0 radical (unpaired) electrons. The van der Waals surface area contributed by atoms with Gasteiger partial charge < -0.3 is 15.4 Å². The summed E-state index contributed by atoms with van der Waals surface area (Å²) in [7, 11) is 1.71. The highest BCUT2D eigenvalue weighted by Gasteiger charge is 2.24. The lowest BCUT2D eigenvalue weighted by molar-refractivity contribution is 0.164. The van der Waals surface area contributed by atoms with Gasteiger partial charge in [0.25, 0.3) is 0 Å². The van der Waals surface area contributed by atoms with Crippen molar-refractivity contribution >= 4 is 5.96 Å². The van der Waals surface area contributed by atoms with Crippen molar-refractivity contribution in [1.82, 2.24) is 4.90 Å². The van der Waals surface area contributed by atoms with E-state index in [4.69, 9.17) is 10.5 Å². The summed E-state index contributed by atoms with van der Waals surface area (Å²) >= 11 is 0. The molecular formula is C14H21N3O. The zero-order chi connectivity index (χ0) is 12.8. The molecule has 1 atom stereocenters. The third-order valence-corrected chi connectivity index (χ3v) is 3.34. The lowest BCUT2D eigenvalue weighted by atomic mass is 10.0. The first-order valence-corrected chi connectivity index (χ1v) is 6.40. The Hall–Kier alpha value is -1.55. The molecule has 4 nitrogen and oxygen atoms in total. The fourth-order valence-corrected chi connectivity index (χ4v) is 2.29. The Labute approximate surface area is 108 Å². The number of ether oxygens (including phenoxy) is 1. The summed E-state index contributed by atoms with van der Waals surface area (Å²) in [6, 6.07) is 11.0. The minimum Gasteiger partial charge on any atom is -0.383 e. The summed E-state index contributed by atoms with van der Waals surface area (Å²) in [4.78, 5) is 6.49. The molecule has 1 heterocycles. The van der Waals surface area contributed by atoms with Crippen molar-refractivity contribution in [3.63, 3.8) is 0 Å². The summed E-state index contributed by atoms with van der Waals surface area (Å²) in [5.74, 6) is 0.658. The lowest BCUT2D eigenvalue weighted by Gasteiger charge is -2.25. The summed E-state index contributed by atoms with van der Waals surface area (Å²) in [5, 5.41) is 0. The third-order valence-electron chi connectivity index (χ3n) is 3.34. The Morgan fingerprint density at radius 2 is 2.17 bits per heavy atom. The molecule has 0 fully saturated rings. The fraction of sp³-hybridized carbons (Fsp3) is 0.500. The van der Waals surface area contributed by atoms with Crippen LogP contribution in [0.5, 0.6) is 0 Å². The molecule has 1 aliphatic heterocycles. The summed E-state index contributed by atoms with van der Waals surface area (Å²) in [5.41, 5.74) is 7.27. The highest BCUT2D eigenvalue weighted by Crippen LogP contribution is 2.14. The molecule has 4 heteroatoms. The van der Waals surface area contributed by atoms with Crippen LogP contribution in [-0.2, 0) is 11.2 Å². The molecule has 0 bridgehead atoms. The van der Waals surface area contributed by atoms with Gasteiger partial charge in [-0.15, -0.1) is 0 Å². The predicted molar refractivity (Wildman–Crippen MR) is 73.6 cm³/mol. The van der Waals surface area contributed by atoms with Gasteiger partial charge in [0.15, 0.2) is 5.96 Å². The van der Waals surface area contributed by atoms with Gasteiger partial charge in [-0.05, 0) is 18.4 Å². The molecule has 98 valence electrons. The molecule has 0 amide bonds. The standard InChI is InChI=1S/C14H21N3O/c1-18-10-9-17-13(11-16-14(17)15)8-7-12-5-3-2-4-6-12/h2-6,13H,7-11H2,1H3,(H2,15,16). The Kier molecular flexibility index (Phi) is 4.59. The molecule has 0 aromatic heterocycles. The maximum absolute atomic E-state index is 5.90. The molecule has 0 saturated carbocycles. The molecule has 1 aliphatic rings. The summed E-state index contributed by atoms with van der Waals surface area (Å²) < 4.78 is 5.11. The van der Waals surface area contributed by atoms with Gasteiger partial charge in [0.1, 0.15) is 0 Å². The second kappa shape index (κ2) is 6.40. The highest BCUT2D eigenvalue weighted by atomic mass is 16.5. The molecule has 0 spiro atoms. The molecule has 0 saturated heterocycles. The van der Waals surface area contributed by atoms with E-state index in [2.05, 4.69) is 34.2 Å². The second-order valence-corrected chi connectivity index (χ2v) is 4.56. The average molecular weight is 247 g/mol. The van der Waals surface area contributed by atoms with Gasteiger partial charge in [-0.1, -0.05) is 30.3 Å². The van der Waals surface area contributed by atoms with Crippen LogP contribution in [-0.4, -0.2) is 43.7 Å². The van der Waals surface area contributed by atoms with Crippen molar-refractivity contribution < 1.29 is 4.74 Å². The van der Waals surface area contributed by atoms with Crippen molar-refractivity contribution in [3.8, 4) is 0 Å². The Balaban J connectivity index is 1.85. The predicted octanol–water partition coefficient (Wildman–Crippen LogP) is 1.26. The Bertz CT molecular complexity index is 391. The van der Waals surface area contributed by atoms with Crippen LogP contribution in [0, 0.1) is 0 Å². The first-order valence-electron chi connectivity index (χ1n) is 6.40. The number of rotatable bonds is 6. The van der Waals surface area contributed by atoms with Gasteiger partial charge in [0.2, 0.25) is 0 Å². The van der Waals surface area contributed by atoms with E-state index in [0.29, 0.717) is 18.6 Å². The number of hydrogen-bond acceptors (Lipinski definition) is 4. The van der Waals surface area contributed by atoms with Crippen LogP contribution in [0.1, 0.15) is 12.0 Å². The molecule has 0 aliphatic carbocycles. The number of hydrogen-bond donors (Lipinski definition) is 1. The van der Waals surface area contributed by atoms with Gasteiger partial charge in [-0.2, -0.15) is 0 Å². The number of nitrogens with zero attached hydrogens (tertiary/aromatic N) is 2. The van der Waals surface area contributed by atoms with Gasteiger partial charge in [-0.25, -0.2) is 0 Å². The van der Waals surface area contributed by atoms with Crippen LogP contribution in [0.15, 0.2) is 35.3 Å². The lowest BCUT2D eigenvalue weighted by Crippen LogP contribution is -2.42. The number of aliphatic imine (C=N–C) groups is 1. The van der Waals surface area contributed by atoms with Crippen molar-refractivity contribution in [1.29, 1.82) is 0 Å². The summed E-state index contributed by atoms with van der Waals surface area (Å²) in [6.07, 6.45) is 2.15. The third kappa shape index (κ3) is 3.23. The molecule has 18 heavy (non-hydrogen) atoms. The van der Waals surface area contributed by atoms with Crippen LogP contribution in [0.25, 0.3) is 0 Å². The van der Waals surface area contributed by atoms with Crippen molar-refractivity contribution in [2.75, 3.05) is 26.8 Å². The van der Waals surface area contributed by atoms with E-state index in [9.17, 15) is 0 Å². The fourth-order valence-electron chi connectivity index (χ4n) is 2.29. The first kappa shape index (κ1) is 12.9. The number of nitrogens with two attached hydrogens (primary N) is 1. The van der Waals surface area contributed by atoms with E-state index in [1.165, 1.54) is 5.56 Å². The van der Waals surface area contributed by atoms with E-state index >= 15 is 0 Å². The quantitative estimate of drug-likeness (QED) is 0.823. The van der Waals surface area contributed by atoms with Gasteiger partial charge in [0, 0.05) is 13.7 Å². The number of benzene rings is 1. The van der Waals surface area contributed by atoms with Crippen LogP contribution < -0.4 is 5.73 Å². The molecule has 2 rings (SSSR count). The number of methoxy groups -OCH3 is 1. The smallest absolute Gasteiger partial charge is 0.191 e. The minimum atomic E-state index is 0.417. The van der Waals surface area contributed by atoms with Gasteiger partial charge in [0.05, 0.1) is 19.2 Å². The van der Waals surface area contributed by atoms with E-state index in [1.54, 1.807) is 7.11 Å². The molecule has 1 aromatic carbocycles. The Morgan fingerprint density at radius 3 is 2.89 bits per heavy atom. The first-order chi connectivity index (χ1) is 8.81. The van der Waals surface area contributed by atoms with E-state index in [0.717, 1.165) is 25.9 Å². The minimum absolute atomic E-state index is 0.417. The van der Waals surface area contributed by atoms with Crippen LogP contribution in [0.2, 0.25) is 0 Å². The van der Waals surface area contributed by atoms with Crippen LogP contribution in [0.3, 0.4) is 0 Å². The van der Waals surface area contributed by atoms with E-state index < -0.39 is 0 Å². The molecule has 2 N–H and O–H groups in total. The Morgan fingerprint density at radius 1 is 1.39 bits per heavy atom. The normalized spacial score (nSPS) is 19.1. The largest absolute Gasteiger partial charge is 0.383 e. The maximum Gasteiger partial charge on any atom is 0.191 e. The van der Waals surface area contributed by atoms with Crippen molar-refractivity contribution in [2.24, 2.45) is 10.7 Å². The topological polar surface area (TPSA) is 50.9 Å². The summed E-state index contributed by atoms with van der Waals surface area (Å²) in [6.45, 7) is 2.33. The zero-order valence-corrected chi connectivity index (χ0v) is 10.9. The van der Waals surface area contributed by atoms with Gasteiger partial charge in [-0.3, -0.25) is 4.99 Å².